The molecule has 0 fully saturated rings. The van der Waals surface area contributed by atoms with E-state index in [4.69, 9.17) is 13.9 Å². The first-order chi connectivity index (χ1) is 12.0. The topological polar surface area (TPSA) is 65.7 Å². The van der Waals surface area contributed by atoms with Gasteiger partial charge in [-0.25, -0.2) is 14.0 Å². The van der Waals surface area contributed by atoms with Gasteiger partial charge in [0.25, 0.3) is 0 Å². The van der Waals surface area contributed by atoms with E-state index in [1.807, 2.05) is 0 Å². The maximum Gasteiger partial charge on any atom is 0.344 e. The zero-order chi connectivity index (χ0) is 17.8. The van der Waals surface area contributed by atoms with E-state index in [-0.39, 0.29) is 18.8 Å². The van der Waals surface area contributed by atoms with E-state index < -0.39 is 17.4 Å². The highest BCUT2D eigenvalue weighted by atomic mass is 79.9. The third-order valence-electron chi connectivity index (χ3n) is 3.36. The molecule has 2 aromatic carbocycles. The highest BCUT2D eigenvalue weighted by Gasteiger charge is 2.09. The van der Waals surface area contributed by atoms with Crippen LogP contribution in [0, 0.1) is 5.82 Å². The summed E-state index contributed by atoms with van der Waals surface area (Å²) in [6.45, 7) is -0.533. The van der Waals surface area contributed by atoms with E-state index in [9.17, 15) is 14.0 Å². The van der Waals surface area contributed by atoms with Gasteiger partial charge in [0.15, 0.2) is 6.61 Å². The number of hydrogen-bond acceptors (Lipinski definition) is 5. The normalized spacial score (nSPS) is 10.6. The Morgan fingerprint density at radius 2 is 1.92 bits per heavy atom. The lowest BCUT2D eigenvalue weighted by molar-refractivity contribution is -0.147. The molecule has 0 saturated carbocycles. The summed E-state index contributed by atoms with van der Waals surface area (Å²) in [5, 5.41) is 0.736. The number of fused-ring (bicyclic) bond motifs is 1. The molecular weight excluding hydrogens is 395 g/mol. The summed E-state index contributed by atoms with van der Waals surface area (Å²) in [6.07, 6.45) is 0. The van der Waals surface area contributed by atoms with Crippen LogP contribution >= 0.6 is 15.9 Å². The molecule has 5 nitrogen and oxygen atoms in total. The standard InChI is InChI=1S/C18H12BrFO5/c19-13-4-1-12(15(20)7-13)9-24-18(22)10-23-14-5-2-11-3-6-17(21)25-16(11)8-14/h1-8H,9-10H2. The molecule has 1 heterocycles. The van der Waals surface area contributed by atoms with Crippen molar-refractivity contribution in [2.24, 2.45) is 0 Å². The molecule has 0 atom stereocenters. The molecule has 0 N–H and O–H groups in total. The van der Waals surface area contributed by atoms with Crippen molar-refractivity contribution < 1.29 is 23.1 Å². The number of ether oxygens (including phenoxy) is 2. The third kappa shape index (κ3) is 4.45. The van der Waals surface area contributed by atoms with Gasteiger partial charge in [0, 0.05) is 27.6 Å². The van der Waals surface area contributed by atoms with Gasteiger partial charge in [-0.2, -0.15) is 0 Å². The zero-order valence-corrected chi connectivity index (χ0v) is 14.4. The summed E-state index contributed by atoms with van der Waals surface area (Å²) in [4.78, 5) is 22.9. The predicted molar refractivity (Wildman–Crippen MR) is 91.9 cm³/mol. The number of benzene rings is 2. The molecule has 1 aromatic heterocycles. The molecular formula is C18H12BrFO5. The second-order valence-corrected chi connectivity index (χ2v) is 6.05. The summed E-state index contributed by atoms with van der Waals surface area (Å²) >= 11 is 3.15. The Kier molecular flexibility index (Phi) is 5.14. The highest BCUT2D eigenvalue weighted by Crippen LogP contribution is 2.20. The van der Waals surface area contributed by atoms with Gasteiger partial charge in [-0.1, -0.05) is 22.0 Å². The first-order valence-electron chi connectivity index (χ1n) is 7.27. The quantitative estimate of drug-likeness (QED) is 0.475. The minimum Gasteiger partial charge on any atom is -0.482 e. The van der Waals surface area contributed by atoms with Gasteiger partial charge in [0.1, 0.15) is 23.8 Å². The van der Waals surface area contributed by atoms with Crippen molar-refractivity contribution in [2.75, 3.05) is 6.61 Å². The summed E-state index contributed by atoms with van der Waals surface area (Å²) in [6, 6.07) is 12.3. The number of halogens is 2. The van der Waals surface area contributed by atoms with E-state index in [0.29, 0.717) is 15.8 Å². The Labute approximate surface area is 150 Å². The zero-order valence-electron chi connectivity index (χ0n) is 12.8. The molecule has 0 bridgehead atoms. The SMILES string of the molecule is O=C(COc1ccc2ccc(=O)oc2c1)OCc1ccc(Br)cc1F. The van der Waals surface area contributed by atoms with Crippen molar-refractivity contribution in [2.45, 2.75) is 6.61 Å². The Hall–Kier alpha value is -2.67. The van der Waals surface area contributed by atoms with Crippen LogP contribution < -0.4 is 10.4 Å². The summed E-state index contributed by atoms with van der Waals surface area (Å²) in [5.41, 5.74) is 0.153. The molecule has 7 heteroatoms. The molecule has 25 heavy (non-hydrogen) atoms. The molecule has 3 aromatic rings. The van der Waals surface area contributed by atoms with E-state index in [2.05, 4.69) is 15.9 Å². The third-order valence-corrected chi connectivity index (χ3v) is 3.85. The lowest BCUT2D eigenvalue weighted by Gasteiger charge is -2.08. The van der Waals surface area contributed by atoms with Gasteiger partial charge in [-0.3, -0.25) is 0 Å². The van der Waals surface area contributed by atoms with E-state index in [1.165, 1.54) is 24.3 Å². The van der Waals surface area contributed by atoms with E-state index in [1.54, 1.807) is 24.3 Å². The first-order valence-corrected chi connectivity index (χ1v) is 8.07. The highest BCUT2D eigenvalue weighted by molar-refractivity contribution is 9.10. The summed E-state index contributed by atoms with van der Waals surface area (Å²) in [7, 11) is 0. The lowest BCUT2D eigenvalue weighted by Crippen LogP contribution is -2.15. The van der Waals surface area contributed by atoms with E-state index in [0.717, 1.165) is 5.39 Å². The fraction of sp³-hybridized carbons (Fsp3) is 0.111. The van der Waals surface area contributed by atoms with Crippen molar-refractivity contribution in [1.82, 2.24) is 0 Å². The molecule has 3 rings (SSSR count). The molecule has 0 radical (unpaired) electrons. The molecule has 0 amide bonds. The Morgan fingerprint density at radius 3 is 2.72 bits per heavy atom. The van der Waals surface area contributed by atoms with Gasteiger partial charge >= 0.3 is 11.6 Å². The van der Waals surface area contributed by atoms with Crippen LogP contribution in [-0.2, 0) is 16.1 Å². The fourth-order valence-electron chi connectivity index (χ4n) is 2.11. The lowest BCUT2D eigenvalue weighted by atomic mass is 10.2. The summed E-state index contributed by atoms with van der Waals surface area (Å²) < 4.78 is 29.6. The van der Waals surface area contributed by atoms with Gasteiger partial charge in [0.05, 0.1) is 0 Å². The molecule has 0 saturated heterocycles. The Balaban J connectivity index is 1.57. The van der Waals surface area contributed by atoms with Crippen LogP contribution in [0.1, 0.15) is 5.56 Å². The van der Waals surface area contributed by atoms with Crippen molar-refractivity contribution >= 4 is 32.9 Å². The van der Waals surface area contributed by atoms with Crippen LogP contribution in [0.3, 0.4) is 0 Å². The first kappa shape index (κ1) is 17.2. The minimum atomic E-state index is -0.642. The van der Waals surface area contributed by atoms with Crippen LogP contribution in [0.2, 0.25) is 0 Å². The predicted octanol–water partition coefficient (Wildman–Crippen LogP) is 3.82. The van der Waals surface area contributed by atoms with Crippen LogP contribution in [-0.4, -0.2) is 12.6 Å². The second-order valence-electron chi connectivity index (χ2n) is 5.14. The van der Waals surface area contributed by atoms with Crippen LogP contribution in [0.4, 0.5) is 4.39 Å². The smallest absolute Gasteiger partial charge is 0.344 e. The molecule has 128 valence electrons. The average molecular weight is 407 g/mol. The summed E-state index contributed by atoms with van der Waals surface area (Å²) in [5.74, 6) is -0.752. The number of carbonyl (C=O) groups is 1. The van der Waals surface area contributed by atoms with Crippen molar-refractivity contribution in [3.8, 4) is 5.75 Å². The Bertz CT molecular complexity index is 983. The molecule has 0 unspecified atom stereocenters. The molecule has 0 spiro atoms. The number of carbonyl (C=O) groups excluding carboxylic acids is 1. The average Bonchev–Trinajstić information content (AvgIpc) is 2.58. The molecule has 0 aliphatic heterocycles. The second kappa shape index (κ2) is 7.48. The monoisotopic (exact) mass is 406 g/mol. The van der Waals surface area contributed by atoms with Gasteiger partial charge in [-0.15, -0.1) is 0 Å². The number of esters is 1. The van der Waals surface area contributed by atoms with Crippen molar-refractivity contribution in [1.29, 1.82) is 0 Å². The number of hydrogen-bond donors (Lipinski definition) is 0. The van der Waals surface area contributed by atoms with Crippen LogP contribution in [0.15, 0.2) is 62.2 Å². The van der Waals surface area contributed by atoms with Crippen molar-refractivity contribution in [3.05, 3.63) is 74.8 Å². The molecule has 0 aliphatic rings. The van der Waals surface area contributed by atoms with E-state index >= 15 is 0 Å². The number of rotatable bonds is 5. The fourth-order valence-corrected chi connectivity index (χ4v) is 2.44. The van der Waals surface area contributed by atoms with Gasteiger partial charge in [0.2, 0.25) is 0 Å². The Morgan fingerprint density at radius 1 is 1.12 bits per heavy atom. The molecule has 0 aliphatic carbocycles. The largest absolute Gasteiger partial charge is 0.482 e. The van der Waals surface area contributed by atoms with Crippen molar-refractivity contribution in [3.63, 3.8) is 0 Å². The van der Waals surface area contributed by atoms with Gasteiger partial charge in [-0.05, 0) is 30.3 Å². The maximum atomic E-state index is 13.6. The van der Waals surface area contributed by atoms with Crippen LogP contribution in [0.25, 0.3) is 11.0 Å². The minimum absolute atomic E-state index is 0.187. The van der Waals surface area contributed by atoms with Crippen LogP contribution in [0.5, 0.6) is 5.75 Å². The van der Waals surface area contributed by atoms with Gasteiger partial charge < -0.3 is 13.9 Å². The maximum absolute atomic E-state index is 13.6.